The number of H-pyrrole nitrogens is 1. The number of nitrogens with zero attached hydrogens (tertiary/aromatic N) is 4. The van der Waals surface area contributed by atoms with Crippen molar-refractivity contribution in [3.8, 4) is 0 Å². The van der Waals surface area contributed by atoms with E-state index < -0.39 is 4.92 Å². The second kappa shape index (κ2) is 5.29. The summed E-state index contributed by atoms with van der Waals surface area (Å²) in [7, 11) is 0. The fraction of sp³-hybridized carbons (Fsp3) is 0.300. The van der Waals surface area contributed by atoms with Crippen molar-refractivity contribution in [2.24, 2.45) is 0 Å². The van der Waals surface area contributed by atoms with Crippen molar-refractivity contribution in [1.29, 1.82) is 0 Å². The predicted octanol–water partition coefficient (Wildman–Crippen LogP) is 0.715. The van der Waals surface area contributed by atoms with Gasteiger partial charge < -0.3 is 5.32 Å². The number of hydrogen-bond acceptors (Lipinski definition) is 5. The summed E-state index contributed by atoms with van der Waals surface area (Å²) in [4.78, 5) is 21.7. The lowest BCUT2D eigenvalue weighted by Crippen LogP contribution is -2.19. The number of amides is 1. The number of carbonyl (C=O) groups excluding carboxylic acids is 1. The Morgan fingerprint density at radius 3 is 3.00 bits per heavy atom. The van der Waals surface area contributed by atoms with Gasteiger partial charge in [-0.3, -0.25) is 24.7 Å². The Labute approximate surface area is 107 Å². The molecule has 2 rings (SSSR count). The van der Waals surface area contributed by atoms with Crippen LogP contribution in [-0.4, -0.2) is 30.8 Å². The van der Waals surface area contributed by atoms with Crippen LogP contribution >= 0.6 is 0 Å². The van der Waals surface area contributed by atoms with E-state index in [4.69, 9.17) is 0 Å². The molecule has 0 spiro atoms. The van der Waals surface area contributed by atoms with Gasteiger partial charge in [0.25, 0.3) is 0 Å². The first-order valence-corrected chi connectivity index (χ1v) is 5.59. The van der Waals surface area contributed by atoms with E-state index in [-0.39, 0.29) is 18.1 Å². The number of aromatic amines is 1. The van der Waals surface area contributed by atoms with Crippen LogP contribution in [0.25, 0.3) is 0 Å². The number of hydrogen-bond donors (Lipinski definition) is 2. The van der Waals surface area contributed by atoms with Crippen LogP contribution in [0.3, 0.4) is 0 Å². The molecule has 9 nitrogen and oxygen atoms in total. The minimum Gasteiger partial charge on any atom is -0.309 e. The van der Waals surface area contributed by atoms with Gasteiger partial charge in [-0.2, -0.15) is 10.2 Å². The van der Waals surface area contributed by atoms with Crippen molar-refractivity contribution >= 4 is 17.4 Å². The van der Waals surface area contributed by atoms with Crippen molar-refractivity contribution in [1.82, 2.24) is 20.0 Å². The molecule has 2 heterocycles. The normalized spacial score (nSPS) is 10.4. The fourth-order valence-electron chi connectivity index (χ4n) is 1.55. The van der Waals surface area contributed by atoms with Gasteiger partial charge in [0.15, 0.2) is 0 Å². The monoisotopic (exact) mass is 264 g/mol. The molecule has 2 N–H and O–H groups in total. The maximum absolute atomic E-state index is 11.7. The number of anilines is 1. The molecule has 1 amide bonds. The summed E-state index contributed by atoms with van der Waals surface area (Å²) < 4.78 is 1.20. The highest BCUT2D eigenvalue weighted by Crippen LogP contribution is 2.12. The summed E-state index contributed by atoms with van der Waals surface area (Å²) in [6.07, 6.45) is 4.67. The Hall–Kier alpha value is -2.71. The summed E-state index contributed by atoms with van der Waals surface area (Å²) in [6, 6.07) is 0. The van der Waals surface area contributed by atoms with E-state index in [0.717, 1.165) is 18.2 Å². The van der Waals surface area contributed by atoms with Gasteiger partial charge in [0, 0.05) is 5.56 Å². The third-order valence-corrected chi connectivity index (χ3v) is 2.50. The highest BCUT2D eigenvalue weighted by Gasteiger charge is 2.12. The summed E-state index contributed by atoms with van der Waals surface area (Å²) in [6.45, 7) is 1.84. The molecule has 0 radical (unpaired) electrons. The van der Waals surface area contributed by atoms with E-state index in [2.05, 4.69) is 20.6 Å². The smallest absolute Gasteiger partial charge is 0.307 e. The molecule has 0 fully saturated rings. The topological polar surface area (TPSA) is 119 Å². The van der Waals surface area contributed by atoms with Crippen molar-refractivity contribution in [3.63, 3.8) is 0 Å². The van der Waals surface area contributed by atoms with Gasteiger partial charge in [0.05, 0.1) is 11.1 Å². The standard InChI is InChI=1S/C10H12N6O3/c1-2-7-3-11-14-10(7)13-9(17)6-15-5-8(4-12-15)16(18)19/h3-5H,2,6H2,1H3,(H2,11,13,14,17). The Bertz CT molecular complexity index is 602. The van der Waals surface area contributed by atoms with Crippen LogP contribution in [0.4, 0.5) is 11.5 Å². The van der Waals surface area contributed by atoms with E-state index in [9.17, 15) is 14.9 Å². The highest BCUT2D eigenvalue weighted by atomic mass is 16.6. The van der Waals surface area contributed by atoms with Crippen LogP contribution in [0, 0.1) is 10.1 Å². The summed E-state index contributed by atoms with van der Waals surface area (Å²) in [5, 5.41) is 23.4. The molecule has 0 bridgehead atoms. The van der Waals surface area contributed by atoms with E-state index in [1.54, 1.807) is 6.20 Å². The molecular formula is C10H12N6O3. The zero-order valence-corrected chi connectivity index (χ0v) is 10.2. The highest BCUT2D eigenvalue weighted by molar-refractivity contribution is 5.90. The zero-order valence-electron chi connectivity index (χ0n) is 10.2. The van der Waals surface area contributed by atoms with Crippen molar-refractivity contribution in [2.75, 3.05) is 5.32 Å². The van der Waals surface area contributed by atoms with E-state index in [1.165, 1.54) is 10.9 Å². The second-order valence-corrected chi connectivity index (χ2v) is 3.83. The number of nitrogens with one attached hydrogen (secondary N) is 2. The van der Waals surface area contributed by atoms with Crippen LogP contribution in [0.2, 0.25) is 0 Å². The number of nitro groups is 1. The van der Waals surface area contributed by atoms with Gasteiger partial charge in [0.2, 0.25) is 5.91 Å². The van der Waals surface area contributed by atoms with Gasteiger partial charge in [0.1, 0.15) is 24.8 Å². The lowest BCUT2D eigenvalue weighted by atomic mass is 10.2. The van der Waals surface area contributed by atoms with Crippen molar-refractivity contribution < 1.29 is 9.72 Å². The first-order valence-electron chi connectivity index (χ1n) is 5.59. The molecule has 9 heteroatoms. The summed E-state index contributed by atoms with van der Waals surface area (Å²) in [5.41, 5.74) is 0.739. The van der Waals surface area contributed by atoms with Crippen LogP contribution in [0.1, 0.15) is 12.5 Å². The summed E-state index contributed by atoms with van der Waals surface area (Å²) >= 11 is 0. The second-order valence-electron chi connectivity index (χ2n) is 3.83. The molecule has 2 aromatic rings. The van der Waals surface area contributed by atoms with E-state index in [1.807, 2.05) is 6.92 Å². The fourth-order valence-corrected chi connectivity index (χ4v) is 1.55. The Kier molecular flexibility index (Phi) is 3.55. The Morgan fingerprint density at radius 1 is 1.58 bits per heavy atom. The zero-order chi connectivity index (χ0) is 13.8. The number of rotatable bonds is 5. The maximum Gasteiger partial charge on any atom is 0.307 e. The quantitative estimate of drug-likeness (QED) is 0.609. The first kappa shape index (κ1) is 12.7. The molecule has 100 valence electrons. The van der Waals surface area contributed by atoms with Gasteiger partial charge in [-0.25, -0.2) is 0 Å². The van der Waals surface area contributed by atoms with Gasteiger partial charge in [-0.1, -0.05) is 6.92 Å². The Balaban J connectivity index is 1.99. The molecule has 2 aromatic heterocycles. The van der Waals surface area contributed by atoms with Crippen LogP contribution in [0.15, 0.2) is 18.6 Å². The molecule has 0 saturated heterocycles. The average Bonchev–Trinajstić information content (AvgIpc) is 2.97. The van der Waals surface area contributed by atoms with Crippen molar-refractivity contribution in [2.45, 2.75) is 19.9 Å². The van der Waals surface area contributed by atoms with Gasteiger partial charge in [-0.15, -0.1) is 0 Å². The van der Waals surface area contributed by atoms with Gasteiger partial charge in [-0.05, 0) is 6.42 Å². The number of aryl methyl sites for hydroxylation is 1. The van der Waals surface area contributed by atoms with Gasteiger partial charge >= 0.3 is 5.69 Å². The number of aromatic nitrogens is 4. The molecule has 0 aromatic carbocycles. The third kappa shape index (κ3) is 2.94. The minimum absolute atomic E-state index is 0.101. The molecular weight excluding hydrogens is 252 g/mol. The molecule has 0 aliphatic heterocycles. The SMILES string of the molecule is CCc1cn[nH]c1NC(=O)Cn1cc([N+](=O)[O-])cn1. The molecule has 0 unspecified atom stereocenters. The predicted molar refractivity (Wildman–Crippen MR) is 65.5 cm³/mol. The lowest BCUT2D eigenvalue weighted by molar-refractivity contribution is -0.385. The first-order chi connectivity index (χ1) is 9.10. The van der Waals surface area contributed by atoms with Crippen LogP contribution in [-0.2, 0) is 17.8 Å². The summed E-state index contributed by atoms with van der Waals surface area (Å²) in [5.74, 6) is 0.200. The third-order valence-electron chi connectivity index (χ3n) is 2.50. The lowest BCUT2D eigenvalue weighted by Gasteiger charge is -2.04. The Morgan fingerprint density at radius 2 is 2.37 bits per heavy atom. The van der Waals surface area contributed by atoms with E-state index in [0.29, 0.717) is 5.82 Å². The largest absolute Gasteiger partial charge is 0.309 e. The van der Waals surface area contributed by atoms with E-state index >= 15 is 0 Å². The number of carbonyl (C=O) groups is 1. The van der Waals surface area contributed by atoms with Crippen molar-refractivity contribution in [3.05, 3.63) is 34.3 Å². The maximum atomic E-state index is 11.7. The minimum atomic E-state index is -0.564. The van der Waals surface area contributed by atoms with Crippen LogP contribution < -0.4 is 5.32 Å². The molecule has 19 heavy (non-hydrogen) atoms. The molecule has 0 saturated carbocycles. The molecule has 0 atom stereocenters. The molecule has 0 aliphatic rings. The average molecular weight is 264 g/mol. The van der Waals surface area contributed by atoms with Crippen LogP contribution in [0.5, 0.6) is 0 Å². The molecule has 0 aliphatic carbocycles.